The predicted octanol–water partition coefficient (Wildman–Crippen LogP) is 3.19. The van der Waals surface area contributed by atoms with Crippen molar-refractivity contribution < 1.29 is 23.8 Å². The van der Waals surface area contributed by atoms with Crippen LogP contribution in [0, 0.1) is 5.92 Å². The molecule has 0 unspecified atom stereocenters. The normalized spacial score (nSPS) is 11.7. The van der Waals surface area contributed by atoms with Crippen molar-refractivity contribution in [2.45, 2.75) is 26.4 Å². The Bertz CT molecular complexity index is 811. The summed E-state index contributed by atoms with van der Waals surface area (Å²) in [4.78, 5) is 27.5. The minimum atomic E-state index is -0.662. The lowest BCUT2D eigenvalue weighted by molar-refractivity contribution is -0.133. The van der Waals surface area contributed by atoms with Crippen LogP contribution >= 0.6 is 11.3 Å². The third-order valence-electron chi connectivity index (χ3n) is 4.52. The van der Waals surface area contributed by atoms with Crippen molar-refractivity contribution in [2.75, 3.05) is 28.4 Å². The molecule has 0 saturated heterocycles. The van der Waals surface area contributed by atoms with Crippen LogP contribution in [0.15, 0.2) is 29.0 Å². The highest BCUT2D eigenvalue weighted by Gasteiger charge is 2.28. The van der Waals surface area contributed by atoms with Gasteiger partial charge in [-0.25, -0.2) is 0 Å². The van der Waals surface area contributed by atoms with E-state index in [0.717, 1.165) is 5.56 Å². The molecule has 1 aromatic heterocycles. The highest BCUT2D eigenvalue weighted by Crippen LogP contribution is 2.38. The van der Waals surface area contributed by atoms with Gasteiger partial charge in [0.25, 0.3) is 5.91 Å². The van der Waals surface area contributed by atoms with Crippen LogP contribution in [0.3, 0.4) is 0 Å². The van der Waals surface area contributed by atoms with E-state index in [-0.39, 0.29) is 17.7 Å². The molecule has 0 aliphatic carbocycles. The van der Waals surface area contributed by atoms with Crippen LogP contribution in [0.1, 0.15) is 29.8 Å². The Hall–Kier alpha value is -2.74. The summed E-state index contributed by atoms with van der Waals surface area (Å²) in [5.41, 5.74) is 1.38. The molecule has 0 aliphatic rings. The van der Waals surface area contributed by atoms with Crippen molar-refractivity contribution in [2.24, 2.45) is 5.92 Å². The molecule has 2 amide bonds. The van der Waals surface area contributed by atoms with Gasteiger partial charge in [0.15, 0.2) is 11.5 Å². The summed E-state index contributed by atoms with van der Waals surface area (Å²) >= 11 is 1.58. The zero-order valence-corrected chi connectivity index (χ0v) is 18.5. The molecule has 2 rings (SSSR count). The second-order valence-corrected chi connectivity index (χ2v) is 7.72. The van der Waals surface area contributed by atoms with Crippen molar-refractivity contribution in [3.8, 4) is 17.2 Å². The SMILES string of the molecule is COc1cc(C(=O)N[C@@H](C(=O)N(C)Cc2ccsc2)C(C)C)cc(OC)c1OC. The number of rotatable bonds is 9. The molecule has 0 saturated carbocycles. The summed E-state index contributed by atoms with van der Waals surface area (Å²) in [7, 11) is 6.20. The highest BCUT2D eigenvalue weighted by atomic mass is 32.1. The maximum atomic E-state index is 13.0. The third-order valence-corrected chi connectivity index (χ3v) is 5.25. The lowest BCUT2D eigenvalue weighted by Crippen LogP contribution is -2.50. The summed E-state index contributed by atoms with van der Waals surface area (Å²) in [6.07, 6.45) is 0. The number of hydrogen-bond donors (Lipinski definition) is 1. The maximum absolute atomic E-state index is 13.0. The zero-order valence-electron chi connectivity index (χ0n) is 17.6. The van der Waals surface area contributed by atoms with Gasteiger partial charge >= 0.3 is 0 Å². The van der Waals surface area contributed by atoms with Crippen LogP contribution in [-0.4, -0.2) is 51.1 Å². The first-order valence-electron chi connectivity index (χ1n) is 9.19. The van der Waals surface area contributed by atoms with Gasteiger partial charge in [0.1, 0.15) is 6.04 Å². The summed E-state index contributed by atoms with van der Waals surface area (Å²) in [5, 5.41) is 6.83. The Balaban J connectivity index is 2.22. The Morgan fingerprint density at radius 3 is 2.17 bits per heavy atom. The molecule has 2 aromatic rings. The first kappa shape index (κ1) is 22.5. The summed E-state index contributed by atoms with van der Waals surface area (Å²) in [5.74, 6) is 0.530. The average Bonchev–Trinajstić information content (AvgIpc) is 3.22. The number of thiophene rings is 1. The number of likely N-dealkylation sites (N-methyl/N-ethyl adjacent to an activating group) is 1. The quantitative estimate of drug-likeness (QED) is 0.674. The van der Waals surface area contributed by atoms with Crippen molar-refractivity contribution in [1.82, 2.24) is 10.2 Å². The van der Waals surface area contributed by atoms with E-state index in [2.05, 4.69) is 5.32 Å². The van der Waals surface area contributed by atoms with E-state index in [1.165, 1.54) is 21.3 Å². The van der Waals surface area contributed by atoms with E-state index >= 15 is 0 Å². The third kappa shape index (κ3) is 5.41. The van der Waals surface area contributed by atoms with Gasteiger partial charge in [-0.15, -0.1) is 0 Å². The standard InChI is InChI=1S/C21H28N2O5S/c1-13(2)18(21(25)23(3)11-14-7-8-29-12-14)22-20(24)15-9-16(26-4)19(28-6)17(10-15)27-5/h7-10,12-13,18H,11H2,1-6H3,(H,22,24)/t18-/m1/s1. The summed E-state index contributed by atoms with van der Waals surface area (Å²) in [6.45, 7) is 4.29. The van der Waals surface area contributed by atoms with Crippen molar-refractivity contribution >= 4 is 23.2 Å². The molecule has 7 nitrogen and oxygen atoms in total. The fourth-order valence-electron chi connectivity index (χ4n) is 2.92. The van der Waals surface area contributed by atoms with Gasteiger partial charge in [-0.05, 0) is 40.4 Å². The largest absolute Gasteiger partial charge is 0.493 e. The number of carbonyl (C=O) groups excluding carboxylic acids is 2. The fourth-order valence-corrected chi connectivity index (χ4v) is 3.58. The molecule has 8 heteroatoms. The smallest absolute Gasteiger partial charge is 0.252 e. The Morgan fingerprint density at radius 2 is 1.72 bits per heavy atom. The van der Waals surface area contributed by atoms with Crippen LogP contribution in [0.5, 0.6) is 17.2 Å². The van der Waals surface area contributed by atoms with E-state index in [4.69, 9.17) is 14.2 Å². The summed E-state index contributed by atoms with van der Waals surface area (Å²) < 4.78 is 15.9. The number of carbonyl (C=O) groups is 2. The monoisotopic (exact) mass is 420 g/mol. The molecule has 1 atom stereocenters. The number of nitrogens with zero attached hydrogens (tertiary/aromatic N) is 1. The number of benzene rings is 1. The number of hydrogen-bond acceptors (Lipinski definition) is 6. The van der Waals surface area contributed by atoms with Crippen LogP contribution in [0.25, 0.3) is 0 Å². The second kappa shape index (κ2) is 10.2. The molecule has 1 aromatic carbocycles. The van der Waals surface area contributed by atoms with Crippen molar-refractivity contribution in [3.63, 3.8) is 0 Å². The van der Waals surface area contributed by atoms with Crippen LogP contribution in [0.2, 0.25) is 0 Å². The fraction of sp³-hybridized carbons (Fsp3) is 0.429. The lowest BCUT2D eigenvalue weighted by Gasteiger charge is -2.27. The molecule has 1 N–H and O–H groups in total. The van der Waals surface area contributed by atoms with E-state index in [0.29, 0.717) is 29.4 Å². The first-order valence-corrected chi connectivity index (χ1v) is 10.1. The molecule has 158 valence electrons. The van der Waals surface area contributed by atoms with Gasteiger partial charge in [-0.1, -0.05) is 13.8 Å². The Kier molecular flexibility index (Phi) is 7.90. The predicted molar refractivity (Wildman–Crippen MR) is 113 cm³/mol. The first-order chi connectivity index (χ1) is 13.8. The van der Waals surface area contributed by atoms with Gasteiger partial charge in [0, 0.05) is 19.2 Å². The van der Waals surface area contributed by atoms with Crippen LogP contribution < -0.4 is 19.5 Å². The molecule has 1 heterocycles. The van der Waals surface area contributed by atoms with E-state index in [1.807, 2.05) is 30.7 Å². The molecule has 0 bridgehead atoms. The van der Waals surface area contributed by atoms with Gasteiger partial charge in [0.2, 0.25) is 11.7 Å². The molecule has 0 radical (unpaired) electrons. The van der Waals surface area contributed by atoms with Gasteiger partial charge in [-0.2, -0.15) is 11.3 Å². The minimum absolute atomic E-state index is 0.0848. The Labute approximate surface area is 175 Å². The molecular weight excluding hydrogens is 392 g/mol. The average molecular weight is 421 g/mol. The minimum Gasteiger partial charge on any atom is -0.493 e. The Morgan fingerprint density at radius 1 is 1.10 bits per heavy atom. The number of amides is 2. The topological polar surface area (TPSA) is 77.1 Å². The van der Waals surface area contributed by atoms with Gasteiger partial charge in [0.05, 0.1) is 21.3 Å². The van der Waals surface area contributed by atoms with Crippen LogP contribution in [-0.2, 0) is 11.3 Å². The van der Waals surface area contributed by atoms with E-state index in [1.54, 1.807) is 35.4 Å². The number of ether oxygens (including phenoxy) is 3. The summed E-state index contributed by atoms with van der Waals surface area (Å²) in [6, 6.07) is 4.44. The van der Waals surface area contributed by atoms with Crippen molar-refractivity contribution in [3.05, 3.63) is 40.1 Å². The molecule has 0 aliphatic heterocycles. The lowest BCUT2D eigenvalue weighted by atomic mass is 10.0. The molecular formula is C21H28N2O5S. The second-order valence-electron chi connectivity index (χ2n) is 6.94. The molecule has 0 spiro atoms. The van der Waals surface area contributed by atoms with Gasteiger partial charge in [-0.3, -0.25) is 9.59 Å². The van der Waals surface area contributed by atoms with Gasteiger partial charge < -0.3 is 24.4 Å². The van der Waals surface area contributed by atoms with E-state index < -0.39 is 6.04 Å². The number of methoxy groups -OCH3 is 3. The molecule has 29 heavy (non-hydrogen) atoms. The maximum Gasteiger partial charge on any atom is 0.252 e. The van der Waals surface area contributed by atoms with Crippen LogP contribution in [0.4, 0.5) is 0 Å². The highest BCUT2D eigenvalue weighted by molar-refractivity contribution is 7.07. The number of nitrogens with one attached hydrogen (secondary N) is 1. The molecule has 0 fully saturated rings. The van der Waals surface area contributed by atoms with Crippen molar-refractivity contribution in [1.29, 1.82) is 0 Å². The van der Waals surface area contributed by atoms with E-state index in [9.17, 15) is 9.59 Å². The zero-order chi connectivity index (χ0) is 21.6.